The van der Waals surface area contributed by atoms with Gasteiger partial charge >= 0.3 is 0 Å². The van der Waals surface area contributed by atoms with Gasteiger partial charge in [-0.1, -0.05) is 206 Å². The summed E-state index contributed by atoms with van der Waals surface area (Å²) in [6, 6.07) is 85.0. The van der Waals surface area contributed by atoms with Crippen molar-refractivity contribution >= 4 is 17.1 Å². The predicted molar refractivity (Wildman–Crippen MR) is 234 cm³/mol. The lowest BCUT2D eigenvalue weighted by Crippen LogP contribution is -2.11. The number of rotatable bonds is 9. The Kier molecular flexibility index (Phi) is 9.41. The maximum Gasteiger partial charge on any atom is 0.0546 e. The van der Waals surface area contributed by atoms with Crippen LogP contribution in [0, 0.1) is 0 Å². The molecule has 0 bridgehead atoms. The zero-order chi connectivity index (χ0) is 36.8. The first-order chi connectivity index (χ1) is 27.3. The molecular weight excluding hydrogens is 663 g/mol. The summed E-state index contributed by atoms with van der Waals surface area (Å²) in [6.07, 6.45) is 0. The largest absolute Gasteiger partial charge is 0.310 e. The van der Waals surface area contributed by atoms with E-state index in [9.17, 15) is 0 Å². The van der Waals surface area contributed by atoms with Crippen LogP contribution in [0.15, 0.2) is 237 Å². The molecule has 0 atom stereocenters. The van der Waals surface area contributed by atoms with Gasteiger partial charge in [0, 0.05) is 16.9 Å². The molecule has 0 radical (unpaired) electrons. The Morgan fingerprint density at radius 1 is 0.200 bits per heavy atom. The Hall–Kier alpha value is -7.22. The zero-order valence-electron chi connectivity index (χ0n) is 30.5. The molecule has 0 N–H and O–H groups in total. The van der Waals surface area contributed by atoms with Crippen molar-refractivity contribution in [2.75, 3.05) is 4.90 Å². The second kappa shape index (κ2) is 15.4. The first-order valence-corrected chi connectivity index (χ1v) is 18.8. The van der Waals surface area contributed by atoms with E-state index < -0.39 is 0 Å². The molecule has 0 aliphatic rings. The van der Waals surface area contributed by atoms with Gasteiger partial charge < -0.3 is 4.90 Å². The van der Waals surface area contributed by atoms with E-state index in [2.05, 4.69) is 241 Å². The summed E-state index contributed by atoms with van der Waals surface area (Å²) in [4.78, 5) is 2.41. The van der Waals surface area contributed by atoms with Gasteiger partial charge in [0.15, 0.2) is 0 Å². The molecule has 0 heterocycles. The smallest absolute Gasteiger partial charge is 0.0546 e. The van der Waals surface area contributed by atoms with Crippen molar-refractivity contribution in [2.24, 2.45) is 0 Å². The first kappa shape index (κ1) is 33.6. The highest BCUT2D eigenvalue weighted by atomic mass is 15.1. The molecule has 0 amide bonds. The van der Waals surface area contributed by atoms with E-state index in [4.69, 9.17) is 0 Å². The molecule has 0 spiro atoms. The van der Waals surface area contributed by atoms with E-state index in [1.807, 2.05) is 0 Å². The van der Waals surface area contributed by atoms with Crippen LogP contribution in [-0.4, -0.2) is 0 Å². The fourth-order valence-corrected chi connectivity index (χ4v) is 7.60. The molecule has 0 unspecified atom stereocenters. The van der Waals surface area contributed by atoms with E-state index in [1.54, 1.807) is 0 Å². The van der Waals surface area contributed by atoms with Crippen LogP contribution in [-0.2, 0) is 0 Å². The fourth-order valence-electron chi connectivity index (χ4n) is 7.60. The van der Waals surface area contributed by atoms with Crippen LogP contribution in [0.2, 0.25) is 0 Å². The SMILES string of the molecule is c1ccc(-c2ccc(N(c3ccc(-c4ccccc4-c4ccccc4-c4ccccc4)cc3)c3cc(-c4ccccc4)ccc3-c3ccccc3)cc2)cc1. The van der Waals surface area contributed by atoms with Crippen LogP contribution in [0.4, 0.5) is 17.1 Å². The number of hydrogen-bond acceptors (Lipinski definition) is 1. The Labute approximate surface area is 324 Å². The van der Waals surface area contributed by atoms with Gasteiger partial charge in [0.1, 0.15) is 0 Å². The highest BCUT2D eigenvalue weighted by Gasteiger charge is 2.20. The van der Waals surface area contributed by atoms with Crippen LogP contribution < -0.4 is 4.90 Å². The third-order valence-electron chi connectivity index (χ3n) is 10.3. The normalized spacial score (nSPS) is 10.9. The summed E-state index contributed by atoms with van der Waals surface area (Å²) >= 11 is 0. The zero-order valence-corrected chi connectivity index (χ0v) is 30.5. The van der Waals surface area contributed by atoms with Gasteiger partial charge in [-0.3, -0.25) is 0 Å². The summed E-state index contributed by atoms with van der Waals surface area (Å²) in [5.41, 5.74) is 17.6. The molecule has 9 aromatic carbocycles. The molecule has 260 valence electrons. The molecule has 9 aromatic rings. The average Bonchev–Trinajstić information content (AvgIpc) is 3.28. The topological polar surface area (TPSA) is 3.24 Å². The van der Waals surface area contributed by atoms with E-state index in [0.29, 0.717) is 0 Å². The van der Waals surface area contributed by atoms with Crippen molar-refractivity contribution in [1.82, 2.24) is 0 Å². The second-order valence-electron chi connectivity index (χ2n) is 13.7. The standard InChI is InChI=1S/C54H39N/c1-5-17-40(18-6-1)42-29-34-47(35-30-42)55(54-39-46(41-19-7-2-8-20-41)33-38-51(54)44-23-11-4-12-24-44)48-36-31-45(32-37-48)50-26-14-16-28-53(50)52-27-15-13-25-49(52)43-21-9-3-10-22-43/h1-39H. The molecule has 55 heavy (non-hydrogen) atoms. The molecule has 0 saturated heterocycles. The lowest BCUT2D eigenvalue weighted by molar-refractivity contribution is 1.28. The molecule has 0 fully saturated rings. The second-order valence-corrected chi connectivity index (χ2v) is 13.7. The third kappa shape index (κ3) is 7.00. The number of benzene rings is 9. The average molecular weight is 702 g/mol. The van der Waals surface area contributed by atoms with E-state index in [1.165, 1.54) is 66.8 Å². The minimum Gasteiger partial charge on any atom is -0.310 e. The van der Waals surface area contributed by atoms with Crippen LogP contribution in [0.1, 0.15) is 0 Å². The number of hydrogen-bond donors (Lipinski definition) is 0. The predicted octanol–water partition coefficient (Wildman–Crippen LogP) is 15.2. The van der Waals surface area contributed by atoms with E-state index in [-0.39, 0.29) is 0 Å². The molecule has 0 saturated carbocycles. The highest BCUT2D eigenvalue weighted by Crippen LogP contribution is 2.44. The summed E-state index contributed by atoms with van der Waals surface area (Å²) in [5.74, 6) is 0. The van der Waals surface area contributed by atoms with Crippen LogP contribution >= 0.6 is 0 Å². The van der Waals surface area contributed by atoms with Crippen molar-refractivity contribution in [3.8, 4) is 66.8 Å². The van der Waals surface area contributed by atoms with Crippen LogP contribution in [0.25, 0.3) is 66.8 Å². The summed E-state index contributed by atoms with van der Waals surface area (Å²) < 4.78 is 0. The van der Waals surface area contributed by atoms with Gasteiger partial charge in [-0.05, 0) is 91.5 Å². The minimum atomic E-state index is 1.08. The summed E-state index contributed by atoms with van der Waals surface area (Å²) in [7, 11) is 0. The van der Waals surface area contributed by atoms with Crippen molar-refractivity contribution in [3.05, 3.63) is 237 Å². The van der Waals surface area contributed by atoms with Gasteiger partial charge in [0.25, 0.3) is 0 Å². The molecule has 1 heteroatoms. The van der Waals surface area contributed by atoms with Crippen molar-refractivity contribution in [3.63, 3.8) is 0 Å². The maximum absolute atomic E-state index is 2.41. The lowest BCUT2D eigenvalue weighted by atomic mass is 9.89. The van der Waals surface area contributed by atoms with Crippen molar-refractivity contribution < 1.29 is 0 Å². The molecule has 0 aliphatic carbocycles. The lowest BCUT2D eigenvalue weighted by Gasteiger charge is -2.29. The molecule has 1 nitrogen and oxygen atoms in total. The van der Waals surface area contributed by atoms with Crippen molar-refractivity contribution in [2.45, 2.75) is 0 Å². The van der Waals surface area contributed by atoms with Gasteiger partial charge in [0.2, 0.25) is 0 Å². The summed E-state index contributed by atoms with van der Waals surface area (Å²) in [5, 5.41) is 0. The molecule has 0 aliphatic heterocycles. The fraction of sp³-hybridized carbons (Fsp3) is 0. The van der Waals surface area contributed by atoms with Gasteiger partial charge in [-0.15, -0.1) is 0 Å². The van der Waals surface area contributed by atoms with Crippen LogP contribution in [0.5, 0.6) is 0 Å². The van der Waals surface area contributed by atoms with Gasteiger partial charge in [0.05, 0.1) is 5.69 Å². The minimum absolute atomic E-state index is 1.08. The van der Waals surface area contributed by atoms with E-state index >= 15 is 0 Å². The van der Waals surface area contributed by atoms with Gasteiger partial charge in [-0.2, -0.15) is 0 Å². The number of nitrogens with zero attached hydrogens (tertiary/aromatic N) is 1. The maximum atomic E-state index is 2.41. The van der Waals surface area contributed by atoms with Crippen molar-refractivity contribution in [1.29, 1.82) is 0 Å². The van der Waals surface area contributed by atoms with Gasteiger partial charge in [-0.25, -0.2) is 0 Å². The Morgan fingerprint density at radius 3 is 0.982 bits per heavy atom. The first-order valence-electron chi connectivity index (χ1n) is 18.8. The monoisotopic (exact) mass is 701 g/mol. The Bertz CT molecular complexity index is 2650. The van der Waals surface area contributed by atoms with E-state index in [0.717, 1.165) is 17.1 Å². The number of anilines is 3. The van der Waals surface area contributed by atoms with Crippen LogP contribution in [0.3, 0.4) is 0 Å². The molecule has 9 rings (SSSR count). The Morgan fingerprint density at radius 2 is 0.509 bits per heavy atom. The molecular formula is C54H39N. The third-order valence-corrected chi connectivity index (χ3v) is 10.3. The highest BCUT2D eigenvalue weighted by molar-refractivity contribution is 5.94. The quantitative estimate of drug-likeness (QED) is 0.145. The Balaban J connectivity index is 1.19. The summed E-state index contributed by atoms with van der Waals surface area (Å²) in [6.45, 7) is 0. The molecule has 0 aromatic heterocycles.